The minimum atomic E-state index is -1.60. The van der Waals surface area contributed by atoms with Gasteiger partial charge in [-0.1, -0.05) is 126 Å². The first-order valence-electron chi connectivity index (χ1n) is 15.0. The summed E-state index contributed by atoms with van der Waals surface area (Å²) in [7, 11) is 18.5. The lowest BCUT2D eigenvalue weighted by Crippen LogP contribution is -2.31. The van der Waals surface area contributed by atoms with Gasteiger partial charge in [0.15, 0.2) is 0 Å². The van der Waals surface area contributed by atoms with Crippen molar-refractivity contribution >= 4 is 56.1 Å². The van der Waals surface area contributed by atoms with E-state index in [0.29, 0.717) is 5.82 Å². The van der Waals surface area contributed by atoms with E-state index < -0.39 is 5.11 Å². The molecule has 1 heterocycles. The van der Waals surface area contributed by atoms with Crippen LogP contribution in [0.25, 0.3) is 71.6 Å². The molecule has 2 nitrogen and oxygen atoms in total. The zero-order valence-corrected chi connectivity index (χ0v) is 24.6. The number of benzene rings is 7. The lowest BCUT2D eigenvalue weighted by atomic mass is 9.42. The van der Waals surface area contributed by atoms with Gasteiger partial charge in [-0.3, -0.25) is 4.57 Å². The van der Waals surface area contributed by atoms with Crippen molar-refractivity contribution in [2.45, 2.75) is 5.11 Å². The second-order valence-electron chi connectivity index (χ2n) is 11.5. The first-order chi connectivity index (χ1) is 22.0. The van der Waals surface area contributed by atoms with Gasteiger partial charge in [0.2, 0.25) is 0 Å². The average Bonchev–Trinajstić information content (AvgIpc) is 3.48. The van der Waals surface area contributed by atoms with E-state index in [4.69, 9.17) is 23.5 Å². The molecule has 0 aliphatic heterocycles. The van der Waals surface area contributed by atoms with Gasteiger partial charge in [-0.25, -0.2) is 4.98 Å². The van der Waals surface area contributed by atoms with E-state index in [1.807, 2.05) is 28.8 Å². The van der Waals surface area contributed by atoms with Crippen LogP contribution < -0.4 is 0 Å². The summed E-state index contributed by atoms with van der Waals surface area (Å²) in [5.41, 5.74) is 9.70. The Hall–Kier alpha value is -5.28. The Kier molecular flexibility index (Phi) is 6.50. The van der Waals surface area contributed by atoms with E-state index in [9.17, 15) is 0 Å². The number of nitrogens with zero attached hydrogens (tertiary/aromatic N) is 2. The number of hydrogen-bond acceptors (Lipinski definition) is 1. The minimum absolute atomic E-state index is 0.398. The molecule has 0 aliphatic carbocycles. The fourth-order valence-corrected chi connectivity index (χ4v) is 6.59. The average molecular weight is 566 g/mol. The summed E-state index contributed by atoms with van der Waals surface area (Å²) in [6.45, 7) is 0. The molecular formula is C40H25B3N2. The van der Waals surface area contributed by atoms with Gasteiger partial charge in [-0.15, -0.1) is 0 Å². The lowest BCUT2D eigenvalue weighted by molar-refractivity contribution is 0.929. The van der Waals surface area contributed by atoms with Gasteiger partial charge in [0.1, 0.15) is 0 Å². The van der Waals surface area contributed by atoms with Crippen LogP contribution in [-0.2, 0) is 5.11 Å². The van der Waals surface area contributed by atoms with Gasteiger partial charge in [0.25, 0.3) is 0 Å². The van der Waals surface area contributed by atoms with Crippen LogP contribution in [0.4, 0.5) is 0 Å². The van der Waals surface area contributed by atoms with Gasteiger partial charge in [0.05, 0.1) is 40.4 Å². The predicted molar refractivity (Wildman–Crippen MR) is 191 cm³/mol. The molecule has 1 aromatic heterocycles. The summed E-state index contributed by atoms with van der Waals surface area (Å²) >= 11 is 0. The van der Waals surface area contributed by atoms with Crippen LogP contribution in [0.15, 0.2) is 152 Å². The highest BCUT2D eigenvalue weighted by Gasteiger charge is 2.23. The summed E-state index contributed by atoms with van der Waals surface area (Å²) in [4.78, 5) is 4.67. The molecule has 8 aromatic rings. The molecule has 7 aromatic carbocycles. The normalized spacial score (nSPS) is 11.8. The van der Waals surface area contributed by atoms with Crippen LogP contribution >= 0.6 is 0 Å². The van der Waals surface area contributed by atoms with Crippen molar-refractivity contribution < 1.29 is 0 Å². The van der Waals surface area contributed by atoms with Gasteiger partial charge in [0, 0.05) is 5.69 Å². The first kappa shape index (κ1) is 27.3. The maximum atomic E-state index is 6.18. The Balaban J connectivity index is 1.33. The third-order valence-electron chi connectivity index (χ3n) is 8.55. The van der Waals surface area contributed by atoms with Crippen LogP contribution in [0, 0.1) is 0 Å². The van der Waals surface area contributed by atoms with E-state index in [0.717, 1.165) is 22.3 Å². The smallest absolute Gasteiger partial charge is 0.0951 e. The number of para-hydroxylation sites is 2. The zero-order chi connectivity index (χ0) is 30.5. The molecule has 0 amide bonds. The number of fused-ring (bicyclic) bond motifs is 3. The molecular weight excluding hydrogens is 541 g/mol. The number of aromatic nitrogens is 2. The van der Waals surface area contributed by atoms with Crippen LogP contribution in [-0.4, -0.2) is 33.1 Å². The van der Waals surface area contributed by atoms with Crippen molar-refractivity contribution in [1.82, 2.24) is 9.55 Å². The lowest BCUT2D eigenvalue weighted by Gasteiger charge is -2.22. The molecule has 0 spiro atoms. The quantitative estimate of drug-likeness (QED) is 0.150. The van der Waals surface area contributed by atoms with Gasteiger partial charge in [-0.05, 0) is 85.3 Å². The molecule has 0 saturated heterocycles. The monoisotopic (exact) mass is 566 g/mol. The molecule has 5 heteroatoms. The summed E-state index contributed by atoms with van der Waals surface area (Å²) in [6.07, 6.45) is 0. The van der Waals surface area contributed by atoms with Crippen molar-refractivity contribution in [2.75, 3.05) is 0 Å². The Morgan fingerprint density at radius 2 is 0.956 bits per heavy atom. The Labute approximate surface area is 266 Å². The summed E-state index contributed by atoms with van der Waals surface area (Å²) in [5, 5.41) is 3.22. The van der Waals surface area contributed by atoms with Crippen molar-refractivity contribution in [3.8, 4) is 39.1 Å². The molecule has 204 valence electrons. The highest BCUT2D eigenvalue weighted by molar-refractivity contribution is 6.58. The third kappa shape index (κ3) is 4.67. The second-order valence-corrected chi connectivity index (χ2v) is 11.5. The molecule has 6 radical (unpaired) electrons. The summed E-state index contributed by atoms with van der Waals surface area (Å²) < 4.78 is 1.94. The maximum absolute atomic E-state index is 6.18. The summed E-state index contributed by atoms with van der Waals surface area (Å²) in [5.74, 6) is 0.398. The minimum Gasteiger partial charge on any atom is -0.298 e. The molecule has 0 unspecified atom stereocenters. The standard InChI is InChI=1S/C40H25B3N2/c41-40(42,43)39-44-35-19-8-9-20-36(35)45(39)30-23-21-27(22-24-30)37-31-15-4-6-17-33(31)38(34-18-7-5-16-32(34)37)29-14-10-13-28(25-29)26-11-2-1-3-12-26/h1-25H. The van der Waals surface area contributed by atoms with E-state index in [1.165, 1.54) is 49.4 Å². The molecule has 0 bridgehead atoms. The van der Waals surface area contributed by atoms with Crippen molar-refractivity contribution in [1.29, 1.82) is 0 Å². The fourth-order valence-electron chi connectivity index (χ4n) is 6.59. The van der Waals surface area contributed by atoms with E-state index >= 15 is 0 Å². The maximum Gasteiger partial charge on any atom is 0.0951 e. The number of imidazole rings is 1. The summed E-state index contributed by atoms with van der Waals surface area (Å²) in [6, 6.07) is 53.1. The molecule has 0 aliphatic rings. The first-order valence-corrected chi connectivity index (χ1v) is 15.0. The zero-order valence-electron chi connectivity index (χ0n) is 24.6. The van der Waals surface area contributed by atoms with Crippen LogP contribution in [0.5, 0.6) is 0 Å². The van der Waals surface area contributed by atoms with Crippen LogP contribution in [0.2, 0.25) is 0 Å². The van der Waals surface area contributed by atoms with Gasteiger partial charge >= 0.3 is 0 Å². The molecule has 0 atom stereocenters. The van der Waals surface area contributed by atoms with Gasteiger partial charge < -0.3 is 0 Å². The fraction of sp³-hybridized carbons (Fsp3) is 0.0250. The molecule has 8 rings (SSSR count). The number of hydrogen-bond donors (Lipinski definition) is 0. The largest absolute Gasteiger partial charge is 0.298 e. The molecule has 0 N–H and O–H groups in total. The Morgan fingerprint density at radius 3 is 1.58 bits per heavy atom. The topological polar surface area (TPSA) is 17.8 Å². The van der Waals surface area contributed by atoms with Gasteiger partial charge in [-0.2, -0.15) is 0 Å². The third-order valence-corrected chi connectivity index (χ3v) is 8.55. The molecule has 0 fully saturated rings. The Bertz CT molecular complexity index is 2290. The number of rotatable bonds is 5. The SMILES string of the molecule is [B]C([B])([B])c1nc2ccccc2n1-c1ccc(-c2c3ccccc3c(-c3cccc(-c4ccccc4)c3)c3ccccc23)cc1. The van der Waals surface area contributed by atoms with Crippen LogP contribution in [0.3, 0.4) is 0 Å². The highest BCUT2D eigenvalue weighted by Crippen LogP contribution is 2.44. The Morgan fingerprint density at radius 1 is 0.444 bits per heavy atom. The van der Waals surface area contributed by atoms with Crippen molar-refractivity contribution in [2.24, 2.45) is 0 Å². The van der Waals surface area contributed by atoms with E-state index in [1.54, 1.807) is 0 Å². The van der Waals surface area contributed by atoms with E-state index in [-0.39, 0.29) is 0 Å². The predicted octanol–water partition coefficient (Wildman–Crippen LogP) is 8.95. The highest BCUT2D eigenvalue weighted by atomic mass is 15.1. The van der Waals surface area contributed by atoms with E-state index in [2.05, 4.69) is 132 Å². The van der Waals surface area contributed by atoms with Crippen LogP contribution in [0.1, 0.15) is 5.82 Å². The molecule has 0 saturated carbocycles. The van der Waals surface area contributed by atoms with Crippen molar-refractivity contribution in [3.63, 3.8) is 0 Å². The van der Waals surface area contributed by atoms with Crippen molar-refractivity contribution in [3.05, 3.63) is 157 Å². The molecule has 45 heavy (non-hydrogen) atoms. The second kappa shape index (κ2) is 10.7.